The maximum absolute atomic E-state index is 13.4. The van der Waals surface area contributed by atoms with E-state index < -0.39 is 0 Å². The van der Waals surface area contributed by atoms with Gasteiger partial charge >= 0.3 is 0 Å². The third-order valence-electron chi connectivity index (χ3n) is 5.55. The Morgan fingerprint density at radius 3 is 2.75 bits per heavy atom. The number of thiophene rings is 1. The number of hydrogen-bond donors (Lipinski definition) is 1. The third kappa shape index (κ3) is 5.24. The second-order valence-electron chi connectivity index (χ2n) is 7.91. The summed E-state index contributed by atoms with van der Waals surface area (Å²) in [6.07, 6.45) is 5.25. The van der Waals surface area contributed by atoms with Crippen molar-refractivity contribution in [2.45, 2.75) is 56.8 Å². The molecule has 6 nitrogen and oxygen atoms in total. The van der Waals surface area contributed by atoms with Crippen molar-refractivity contribution >= 4 is 57.3 Å². The van der Waals surface area contributed by atoms with Crippen LogP contribution in [0.4, 0.5) is 0 Å². The molecule has 1 fully saturated rings. The molecule has 0 atom stereocenters. The predicted molar refractivity (Wildman–Crippen MR) is 130 cm³/mol. The number of carbonyl (C=O) groups excluding carboxylic acids is 2. The van der Waals surface area contributed by atoms with Crippen LogP contribution >= 0.6 is 34.7 Å². The van der Waals surface area contributed by atoms with Crippen molar-refractivity contribution in [2.75, 3.05) is 5.75 Å². The molecule has 1 saturated carbocycles. The molecule has 0 saturated heterocycles. The van der Waals surface area contributed by atoms with Crippen molar-refractivity contribution in [3.63, 3.8) is 0 Å². The van der Waals surface area contributed by atoms with E-state index in [1.165, 1.54) is 36.4 Å². The van der Waals surface area contributed by atoms with Crippen LogP contribution in [0.15, 0.2) is 40.3 Å². The van der Waals surface area contributed by atoms with E-state index in [4.69, 9.17) is 16.6 Å². The van der Waals surface area contributed by atoms with Gasteiger partial charge in [-0.15, -0.1) is 11.3 Å². The van der Waals surface area contributed by atoms with E-state index in [0.717, 1.165) is 30.6 Å². The summed E-state index contributed by atoms with van der Waals surface area (Å²) in [6.45, 7) is 1.88. The molecule has 0 spiro atoms. The van der Waals surface area contributed by atoms with Gasteiger partial charge < -0.3 is 5.32 Å². The number of fused-ring (bicyclic) bond motifs is 1. The summed E-state index contributed by atoms with van der Waals surface area (Å²) in [5.74, 6) is 0.0559. The van der Waals surface area contributed by atoms with Gasteiger partial charge in [0.25, 0.3) is 5.56 Å². The summed E-state index contributed by atoms with van der Waals surface area (Å²) < 4.78 is 1.80. The molecular weight excluding hydrogens is 466 g/mol. The molecule has 0 bridgehead atoms. The van der Waals surface area contributed by atoms with Gasteiger partial charge in [0.15, 0.2) is 10.9 Å². The minimum atomic E-state index is -0.106. The van der Waals surface area contributed by atoms with Crippen LogP contribution in [-0.4, -0.2) is 27.0 Å². The molecule has 1 aliphatic rings. The number of hydrogen-bond acceptors (Lipinski definition) is 6. The average Bonchev–Trinajstić information content (AvgIpc) is 3.26. The van der Waals surface area contributed by atoms with E-state index in [9.17, 15) is 14.4 Å². The van der Waals surface area contributed by atoms with Crippen LogP contribution in [-0.2, 0) is 11.3 Å². The molecule has 4 rings (SSSR count). The smallest absolute Gasteiger partial charge is 0.262 e. The first kappa shape index (κ1) is 23.0. The summed E-state index contributed by atoms with van der Waals surface area (Å²) in [5, 5.41) is 4.39. The van der Waals surface area contributed by atoms with Gasteiger partial charge in [0.05, 0.1) is 28.1 Å². The maximum Gasteiger partial charge on any atom is 0.262 e. The zero-order valence-corrected chi connectivity index (χ0v) is 20.1. The lowest BCUT2D eigenvalue weighted by Crippen LogP contribution is -2.29. The van der Waals surface area contributed by atoms with E-state index in [-0.39, 0.29) is 29.0 Å². The molecule has 1 N–H and O–H groups in total. The first-order valence-corrected chi connectivity index (χ1v) is 12.8. The molecule has 1 amide bonds. The molecule has 0 aliphatic heterocycles. The number of carbonyl (C=O) groups is 2. The lowest BCUT2D eigenvalue weighted by molar-refractivity contribution is -0.119. The van der Waals surface area contributed by atoms with Crippen molar-refractivity contribution in [1.29, 1.82) is 0 Å². The number of nitrogens with zero attached hydrogens (tertiary/aromatic N) is 2. The van der Waals surface area contributed by atoms with Gasteiger partial charge in [-0.3, -0.25) is 19.0 Å². The number of thioether (sulfide) groups is 1. The number of aromatic nitrogens is 2. The van der Waals surface area contributed by atoms with Gasteiger partial charge in [0.1, 0.15) is 0 Å². The van der Waals surface area contributed by atoms with Gasteiger partial charge in [-0.25, -0.2) is 4.98 Å². The first-order valence-electron chi connectivity index (χ1n) is 10.6. The summed E-state index contributed by atoms with van der Waals surface area (Å²) in [6, 6.07) is 8.88. The largest absolute Gasteiger partial charge is 0.351 e. The highest BCUT2D eigenvalue weighted by Gasteiger charge is 2.23. The Balaban J connectivity index is 1.59. The Labute approximate surface area is 199 Å². The van der Waals surface area contributed by atoms with E-state index in [0.29, 0.717) is 32.5 Å². The molecule has 0 radical (unpaired) electrons. The van der Waals surface area contributed by atoms with Crippen LogP contribution in [0.5, 0.6) is 0 Å². The zero-order valence-electron chi connectivity index (χ0n) is 17.7. The van der Waals surface area contributed by atoms with Gasteiger partial charge in [0, 0.05) is 22.9 Å². The number of ketones is 1. The lowest BCUT2D eigenvalue weighted by atomic mass is 9.95. The van der Waals surface area contributed by atoms with Gasteiger partial charge in [-0.05, 0) is 43.2 Å². The molecule has 32 heavy (non-hydrogen) atoms. The normalized spacial score (nSPS) is 14.6. The van der Waals surface area contributed by atoms with Gasteiger partial charge in [0.2, 0.25) is 5.91 Å². The van der Waals surface area contributed by atoms with Crippen molar-refractivity contribution in [3.05, 3.63) is 55.5 Å². The van der Waals surface area contributed by atoms with Gasteiger partial charge in [-0.1, -0.05) is 42.6 Å². The highest BCUT2D eigenvalue weighted by molar-refractivity contribution is 7.99. The molecule has 168 valence electrons. The lowest BCUT2D eigenvalue weighted by Gasteiger charge is -2.26. The number of nitrogens with one attached hydrogen (secondary N) is 1. The van der Waals surface area contributed by atoms with Crippen molar-refractivity contribution < 1.29 is 9.59 Å². The quantitative estimate of drug-likeness (QED) is 0.279. The Hall–Kier alpha value is -2.16. The summed E-state index contributed by atoms with van der Waals surface area (Å²) >= 11 is 8.81. The summed E-state index contributed by atoms with van der Waals surface area (Å²) in [5.41, 5.74) is 0.487. The second kappa shape index (κ2) is 10.2. The highest BCUT2D eigenvalue weighted by atomic mass is 35.5. The number of amides is 1. The van der Waals surface area contributed by atoms with E-state index in [1.54, 1.807) is 28.8 Å². The summed E-state index contributed by atoms with van der Waals surface area (Å²) in [7, 11) is 0. The van der Waals surface area contributed by atoms with Gasteiger partial charge in [-0.2, -0.15) is 0 Å². The van der Waals surface area contributed by atoms with Crippen molar-refractivity contribution in [2.24, 2.45) is 0 Å². The van der Waals surface area contributed by atoms with Crippen LogP contribution in [0.3, 0.4) is 0 Å². The zero-order chi connectivity index (χ0) is 22.7. The SMILES string of the molecule is CC(=O)NCc1ccc(C(=O)CSc2nc3cc(Cl)ccc3c(=O)n2C2CCCCC2)s1. The van der Waals surface area contributed by atoms with Crippen LogP contribution < -0.4 is 10.9 Å². The highest BCUT2D eigenvalue weighted by Crippen LogP contribution is 2.32. The van der Waals surface area contributed by atoms with E-state index in [1.807, 2.05) is 6.07 Å². The minimum absolute atomic E-state index is 0.0234. The fraction of sp³-hybridized carbons (Fsp3) is 0.391. The topological polar surface area (TPSA) is 81.1 Å². The monoisotopic (exact) mass is 489 g/mol. The Kier molecular flexibility index (Phi) is 7.33. The molecule has 1 aliphatic carbocycles. The molecule has 9 heteroatoms. The fourth-order valence-electron chi connectivity index (χ4n) is 3.95. The average molecular weight is 490 g/mol. The van der Waals surface area contributed by atoms with Crippen molar-refractivity contribution in [3.8, 4) is 0 Å². The number of benzene rings is 1. The molecule has 2 heterocycles. The summed E-state index contributed by atoms with van der Waals surface area (Å²) in [4.78, 5) is 43.6. The molecule has 0 unspecified atom stereocenters. The van der Waals surface area contributed by atoms with E-state index >= 15 is 0 Å². The standard InChI is InChI=1S/C23H24ClN3O3S2/c1-14(28)25-12-17-8-10-21(32-17)20(29)13-31-23-26-19-11-15(24)7-9-18(19)22(30)27(23)16-5-3-2-4-6-16/h7-11,16H,2-6,12-13H2,1H3,(H,25,28). The van der Waals surface area contributed by atoms with Crippen molar-refractivity contribution in [1.82, 2.24) is 14.9 Å². The van der Waals surface area contributed by atoms with Crippen LogP contribution in [0.1, 0.15) is 59.6 Å². The van der Waals surface area contributed by atoms with E-state index in [2.05, 4.69) is 5.32 Å². The number of rotatable bonds is 7. The fourth-order valence-corrected chi connectivity index (χ4v) is 6.04. The number of Topliss-reactive ketones (excluding diaryl/α,β-unsaturated/α-hetero) is 1. The second-order valence-corrected chi connectivity index (χ2v) is 10.5. The Morgan fingerprint density at radius 2 is 2.00 bits per heavy atom. The molecule has 3 aromatic rings. The molecule has 1 aromatic carbocycles. The van der Waals surface area contributed by atoms with Crippen LogP contribution in [0, 0.1) is 0 Å². The van der Waals surface area contributed by atoms with Crippen LogP contribution in [0.25, 0.3) is 10.9 Å². The maximum atomic E-state index is 13.4. The predicted octanol–water partition coefficient (Wildman–Crippen LogP) is 5.23. The number of halogens is 1. The van der Waals surface area contributed by atoms with Crippen LogP contribution in [0.2, 0.25) is 5.02 Å². The Bertz CT molecular complexity index is 1210. The Morgan fingerprint density at radius 1 is 1.22 bits per heavy atom. The molecular formula is C23H24ClN3O3S2. The minimum Gasteiger partial charge on any atom is -0.351 e. The third-order valence-corrected chi connectivity index (χ3v) is 7.87. The first-order chi connectivity index (χ1) is 15.4. The molecule has 2 aromatic heterocycles.